The Kier molecular flexibility index (Phi) is 5.34. The number of carbonyl (C=O) groups is 1. The normalized spacial score (nSPS) is 10.5. The highest BCUT2D eigenvalue weighted by molar-refractivity contribution is 5.79. The molecule has 1 heterocycles. The molecule has 0 aliphatic rings. The third kappa shape index (κ3) is 4.61. The number of benzene rings is 1. The van der Waals surface area contributed by atoms with Crippen LogP contribution in [-0.2, 0) is 4.79 Å². The van der Waals surface area contributed by atoms with Gasteiger partial charge in [-0.2, -0.15) is 0 Å². The van der Waals surface area contributed by atoms with Gasteiger partial charge in [0.25, 0.3) is 5.91 Å². The molecule has 0 saturated heterocycles. The van der Waals surface area contributed by atoms with Crippen LogP contribution in [0.4, 0.5) is 0 Å². The van der Waals surface area contributed by atoms with Crippen LogP contribution in [0.15, 0.2) is 39.5 Å². The van der Waals surface area contributed by atoms with E-state index in [2.05, 4.69) is 10.6 Å². The van der Waals surface area contributed by atoms with Crippen molar-refractivity contribution < 1.29 is 13.9 Å². The van der Waals surface area contributed by atoms with Crippen LogP contribution in [0.1, 0.15) is 6.42 Å². The number of nitrogens with one attached hydrogen (secondary N) is 2. The SMILES string of the molecule is CNCCCNC(=O)COc1ccc2ccc(=O)oc2c1. The molecule has 2 aromatic rings. The summed E-state index contributed by atoms with van der Waals surface area (Å²) in [6, 6.07) is 8.15. The van der Waals surface area contributed by atoms with Crippen molar-refractivity contribution in [1.82, 2.24) is 10.6 Å². The molecule has 0 unspecified atom stereocenters. The van der Waals surface area contributed by atoms with Crippen molar-refractivity contribution in [3.05, 3.63) is 40.8 Å². The fourth-order valence-corrected chi connectivity index (χ4v) is 1.82. The summed E-state index contributed by atoms with van der Waals surface area (Å²) in [5.41, 5.74) is 0.0244. The Morgan fingerprint density at radius 2 is 2.05 bits per heavy atom. The maximum Gasteiger partial charge on any atom is 0.336 e. The van der Waals surface area contributed by atoms with E-state index in [1.54, 1.807) is 24.3 Å². The minimum Gasteiger partial charge on any atom is -0.484 e. The number of ether oxygens (including phenoxy) is 1. The van der Waals surface area contributed by atoms with Gasteiger partial charge in [-0.15, -0.1) is 0 Å². The molecule has 1 amide bonds. The van der Waals surface area contributed by atoms with Crippen LogP contribution in [0.2, 0.25) is 0 Å². The molecule has 1 aromatic heterocycles. The lowest BCUT2D eigenvalue weighted by atomic mass is 10.2. The molecule has 6 heteroatoms. The lowest BCUT2D eigenvalue weighted by Gasteiger charge is -2.07. The quantitative estimate of drug-likeness (QED) is 0.585. The van der Waals surface area contributed by atoms with Crippen molar-refractivity contribution >= 4 is 16.9 Å². The first-order valence-corrected chi connectivity index (χ1v) is 6.77. The van der Waals surface area contributed by atoms with Gasteiger partial charge in [-0.25, -0.2) is 4.79 Å². The van der Waals surface area contributed by atoms with Crippen LogP contribution in [0.25, 0.3) is 11.0 Å². The molecule has 1 aromatic carbocycles. The van der Waals surface area contributed by atoms with Gasteiger partial charge in [0.15, 0.2) is 6.61 Å². The van der Waals surface area contributed by atoms with Gasteiger partial charge in [0.05, 0.1) is 0 Å². The molecular weight excluding hydrogens is 272 g/mol. The Morgan fingerprint density at radius 3 is 2.86 bits per heavy atom. The van der Waals surface area contributed by atoms with Crippen molar-refractivity contribution in [1.29, 1.82) is 0 Å². The van der Waals surface area contributed by atoms with Crippen LogP contribution in [0.5, 0.6) is 5.75 Å². The monoisotopic (exact) mass is 290 g/mol. The summed E-state index contributed by atoms with van der Waals surface area (Å²) in [4.78, 5) is 22.7. The zero-order chi connectivity index (χ0) is 15.1. The number of hydrogen-bond acceptors (Lipinski definition) is 5. The second-order valence-corrected chi connectivity index (χ2v) is 4.55. The summed E-state index contributed by atoms with van der Waals surface area (Å²) >= 11 is 0. The standard InChI is InChI=1S/C15H18N2O4/c1-16-7-2-8-17-14(18)10-20-12-5-3-11-4-6-15(19)21-13(11)9-12/h3-6,9,16H,2,7-8,10H2,1H3,(H,17,18). The lowest BCUT2D eigenvalue weighted by Crippen LogP contribution is -2.30. The maximum absolute atomic E-state index is 11.6. The van der Waals surface area contributed by atoms with Gasteiger partial charge in [-0.3, -0.25) is 4.79 Å². The molecule has 112 valence electrons. The molecule has 0 radical (unpaired) electrons. The van der Waals surface area contributed by atoms with Crippen LogP contribution in [-0.4, -0.2) is 32.7 Å². The minimum atomic E-state index is -0.415. The van der Waals surface area contributed by atoms with Crippen molar-refractivity contribution in [3.8, 4) is 5.75 Å². The average Bonchev–Trinajstić information content (AvgIpc) is 2.49. The minimum absolute atomic E-state index is 0.0673. The summed E-state index contributed by atoms with van der Waals surface area (Å²) < 4.78 is 10.4. The molecule has 0 saturated carbocycles. The Labute approximate surface area is 122 Å². The predicted octanol–water partition coefficient (Wildman–Crippen LogP) is 0.897. The first-order valence-electron chi connectivity index (χ1n) is 6.77. The van der Waals surface area contributed by atoms with Gasteiger partial charge in [-0.1, -0.05) is 0 Å². The number of fused-ring (bicyclic) bond motifs is 1. The van der Waals surface area contributed by atoms with E-state index in [-0.39, 0.29) is 12.5 Å². The van der Waals surface area contributed by atoms with E-state index < -0.39 is 5.63 Å². The van der Waals surface area contributed by atoms with Crippen LogP contribution >= 0.6 is 0 Å². The molecule has 0 spiro atoms. The Bertz CT molecular complexity index is 666. The highest BCUT2D eigenvalue weighted by atomic mass is 16.5. The van der Waals surface area contributed by atoms with E-state index in [0.29, 0.717) is 17.9 Å². The molecule has 2 N–H and O–H groups in total. The molecule has 0 aliphatic carbocycles. The summed E-state index contributed by atoms with van der Waals surface area (Å²) in [6.07, 6.45) is 0.864. The molecule has 0 fully saturated rings. The smallest absolute Gasteiger partial charge is 0.336 e. The number of amides is 1. The van der Waals surface area contributed by atoms with Gasteiger partial charge in [0, 0.05) is 24.1 Å². The van der Waals surface area contributed by atoms with Gasteiger partial charge in [0.1, 0.15) is 11.3 Å². The van der Waals surface area contributed by atoms with E-state index in [9.17, 15) is 9.59 Å². The fraction of sp³-hybridized carbons (Fsp3) is 0.333. The van der Waals surface area contributed by atoms with Gasteiger partial charge < -0.3 is 19.8 Å². The number of carbonyl (C=O) groups excluding carboxylic acids is 1. The summed E-state index contributed by atoms with van der Waals surface area (Å²) in [6.45, 7) is 1.39. The third-order valence-corrected chi connectivity index (χ3v) is 2.89. The Balaban J connectivity index is 1.88. The summed E-state index contributed by atoms with van der Waals surface area (Å²) in [5.74, 6) is 0.308. The van der Waals surface area contributed by atoms with Crippen molar-refractivity contribution in [2.24, 2.45) is 0 Å². The molecule has 0 bridgehead atoms. The van der Waals surface area contributed by atoms with Crippen LogP contribution in [0.3, 0.4) is 0 Å². The van der Waals surface area contributed by atoms with Gasteiger partial charge in [0.2, 0.25) is 0 Å². The van der Waals surface area contributed by atoms with Gasteiger partial charge in [-0.05, 0) is 38.2 Å². The average molecular weight is 290 g/mol. The number of hydrogen-bond donors (Lipinski definition) is 2. The zero-order valence-electron chi connectivity index (χ0n) is 11.8. The van der Waals surface area contributed by atoms with E-state index in [1.165, 1.54) is 6.07 Å². The fourth-order valence-electron chi connectivity index (χ4n) is 1.82. The second kappa shape index (κ2) is 7.44. The van der Waals surface area contributed by atoms with E-state index in [4.69, 9.17) is 9.15 Å². The molecule has 6 nitrogen and oxygen atoms in total. The molecule has 21 heavy (non-hydrogen) atoms. The molecule has 0 aliphatic heterocycles. The molecule has 2 rings (SSSR count). The number of rotatable bonds is 7. The highest BCUT2D eigenvalue weighted by Gasteiger charge is 2.04. The van der Waals surface area contributed by atoms with Crippen molar-refractivity contribution in [3.63, 3.8) is 0 Å². The first-order chi connectivity index (χ1) is 10.2. The summed E-state index contributed by atoms with van der Waals surface area (Å²) in [5, 5.41) is 6.56. The topological polar surface area (TPSA) is 80.6 Å². The van der Waals surface area contributed by atoms with Crippen LogP contribution in [0, 0.1) is 0 Å². The van der Waals surface area contributed by atoms with Crippen molar-refractivity contribution in [2.45, 2.75) is 6.42 Å². The largest absolute Gasteiger partial charge is 0.484 e. The van der Waals surface area contributed by atoms with Crippen LogP contribution < -0.4 is 21.0 Å². The van der Waals surface area contributed by atoms with Crippen molar-refractivity contribution in [2.75, 3.05) is 26.7 Å². The van der Waals surface area contributed by atoms with Gasteiger partial charge >= 0.3 is 5.63 Å². The summed E-state index contributed by atoms with van der Waals surface area (Å²) in [7, 11) is 1.86. The third-order valence-electron chi connectivity index (χ3n) is 2.89. The predicted molar refractivity (Wildman–Crippen MR) is 79.5 cm³/mol. The molecule has 0 atom stereocenters. The van der Waals surface area contributed by atoms with E-state index in [0.717, 1.165) is 18.4 Å². The Morgan fingerprint density at radius 1 is 1.24 bits per heavy atom. The zero-order valence-corrected chi connectivity index (χ0v) is 11.8. The maximum atomic E-state index is 11.6. The Hall–Kier alpha value is -2.34. The molecular formula is C15H18N2O4. The highest BCUT2D eigenvalue weighted by Crippen LogP contribution is 2.19. The van der Waals surface area contributed by atoms with E-state index >= 15 is 0 Å². The lowest BCUT2D eigenvalue weighted by molar-refractivity contribution is -0.123. The second-order valence-electron chi connectivity index (χ2n) is 4.55. The first kappa shape index (κ1) is 15.1. The van der Waals surface area contributed by atoms with E-state index in [1.807, 2.05) is 7.05 Å².